The van der Waals surface area contributed by atoms with E-state index in [4.69, 9.17) is 4.74 Å². The molecule has 0 unspecified atom stereocenters. The molecule has 1 heterocycles. The number of ketones is 1. The van der Waals surface area contributed by atoms with Gasteiger partial charge in [-0.1, -0.05) is 12.1 Å². The molecule has 0 N–H and O–H groups in total. The fourth-order valence-electron chi connectivity index (χ4n) is 1.80. The fraction of sp³-hybridized carbons (Fsp3) is 0.417. The van der Waals surface area contributed by atoms with Crippen molar-refractivity contribution in [3.63, 3.8) is 0 Å². The van der Waals surface area contributed by atoms with Crippen molar-refractivity contribution in [3.05, 3.63) is 28.8 Å². The van der Waals surface area contributed by atoms with Crippen molar-refractivity contribution < 1.29 is 9.53 Å². The molecular formula is C12H14O2. The van der Waals surface area contributed by atoms with Crippen molar-refractivity contribution in [1.82, 2.24) is 0 Å². The number of hydrogen-bond acceptors (Lipinski definition) is 2. The number of fused-ring (bicyclic) bond motifs is 1. The van der Waals surface area contributed by atoms with Crippen LogP contribution in [0.1, 0.15) is 35.3 Å². The van der Waals surface area contributed by atoms with Crippen LogP contribution >= 0.6 is 0 Å². The normalized spacial score (nSPS) is 17.9. The van der Waals surface area contributed by atoms with E-state index < -0.39 is 5.60 Å². The lowest BCUT2D eigenvalue weighted by molar-refractivity contribution is 0.0683. The first-order valence-corrected chi connectivity index (χ1v) is 4.77. The zero-order valence-corrected chi connectivity index (χ0v) is 8.97. The lowest BCUT2D eigenvalue weighted by atomic mass is 9.95. The summed E-state index contributed by atoms with van der Waals surface area (Å²) in [5.41, 5.74) is 2.10. The smallest absolute Gasteiger partial charge is 0.209 e. The number of aryl methyl sites for hydroxylation is 2. The first-order chi connectivity index (χ1) is 6.43. The summed E-state index contributed by atoms with van der Waals surface area (Å²) in [6.07, 6.45) is 0. The molecule has 14 heavy (non-hydrogen) atoms. The predicted molar refractivity (Wildman–Crippen MR) is 55.0 cm³/mol. The number of carbonyl (C=O) groups excluding carboxylic acids is 1. The van der Waals surface area contributed by atoms with Gasteiger partial charge in [-0.05, 0) is 38.8 Å². The number of hydrogen-bond donors (Lipinski definition) is 0. The van der Waals surface area contributed by atoms with Gasteiger partial charge in [-0.3, -0.25) is 4.79 Å². The summed E-state index contributed by atoms with van der Waals surface area (Å²) in [5, 5.41) is 0. The molecule has 0 bridgehead atoms. The highest BCUT2D eigenvalue weighted by atomic mass is 16.5. The Balaban J connectivity index is 2.70. The van der Waals surface area contributed by atoms with Crippen LogP contribution in [-0.4, -0.2) is 11.4 Å². The van der Waals surface area contributed by atoms with E-state index in [0.29, 0.717) is 0 Å². The van der Waals surface area contributed by atoms with Gasteiger partial charge in [-0.25, -0.2) is 0 Å². The van der Waals surface area contributed by atoms with Crippen LogP contribution in [0.5, 0.6) is 5.75 Å². The molecule has 1 aliphatic heterocycles. The molecule has 2 rings (SSSR count). The van der Waals surface area contributed by atoms with Crippen LogP contribution in [0, 0.1) is 13.8 Å². The third-order valence-electron chi connectivity index (χ3n) is 2.69. The summed E-state index contributed by atoms with van der Waals surface area (Å²) < 4.78 is 5.67. The molecule has 0 spiro atoms. The summed E-state index contributed by atoms with van der Waals surface area (Å²) in [6.45, 7) is 7.54. The zero-order valence-electron chi connectivity index (χ0n) is 8.97. The van der Waals surface area contributed by atoms with Gasteiger partial charge < -0.3 is 4.74 Å². The van der Waals surface area contributed by atoms with E-state index in [1.54, 1.807) is 0 Å². The quantitative estimate of drug-likeness (QED) is 0.628. The summed E-state index contributed by atoms with van der Waals surface area (Å²) in [7, 11) is 0. The topological polar surface area (TPSA) is 26.3 Å². The Morgan fingerprint density at radius 2 is 1.71 bits per heavy atom. The van der Waals surface area contributed by atoms with Crippen molar-refractivity contribution >= 4 is 5.78 Å². The van der Waals surface area contributed by atoms with Crippen LogP contribution in [0.4, 0.5) is 0 Å². The van der Waals surface area contributed by atoms with Gasteiger partial charge in [0.05, 0.1) is 5.56 Å². The van der Waals surface area contributed by atoms with Crippen molar-refractivity contribution in [2.45, 2.75) is 33.3 Å². The molecule has 0 saturated heterocycles. The second-order valence-corrected chi connectivity index (χ2v) is 4.34. The van der Waals surface area contributed by atoms with E-state index in [9.17, 15) is 4.79 Å². The van der Waals surface area contributed by atoms with E-state index in [1.165, 1.54) is 0 Å². The lowest BCUT2D eigenvalue weighted by Crippen LogP contribution is -2.32. The molecule has 0 aromatic heterocycles. The lowest BCUT2D eigenvalue weighted by Gasteiger charge is -2.15. The maximum Gasteiger partial charge on any atom is 0.209 e. The van der Waals surface area contributed by atoms with Crippen LogP contribution in [0.25, 0.3) is 0 Å². The zero-order chi connectivity index (χ0) is 10.5. The Bertz CT molecular complexity index is 417. The maximum absolute atomic E-state index is 12.0. The van der Waals surface area contributed by atoms with Crippen molar-refractivity contribution in [1.29, 1.82) is 0 Å². The van der Waals surface area contributed by atoms with Gasteiger partial charge in [0.2, 0.25) is 5.78 Å². The molecule has 1 aliphatic rings. The number of benzene rings is 1. The average Bonchev–Trinajstić information content (AvgIpc) is 2.33. The van der Waals surface area contributed by atoms with Gasteiger partial charge in [0, 0.05) is 0 Å². The van der Waals surface area contributed by atoms with Crippen molar-refractivity contribution in [3.8, 4) is 5.75 Å². The first-order valence-electron chi connectivity index (χ1n) is 4.77. The molecule has 74 valence electrons. The second kappa shape index (κ2) is 2.59. The third kappa shape index (κ3) is 1.07. The van der Waals surface area contributed by atoms with E-state index in [0.717, 1.165) is 22.4 Å². The van der Waals surface area contributed by atoms with Gasteiger partial charge in [0.1, 0.15) is 5.75 Å². The van der Waals surface area contributed by atoms with E-state index >= 15 is 0 Å². The molecule has 2 nitrogen and oxygen atoms in total. The molecular weight excluding hydrogens is 176 g/mol. The average molecular weight is 190 g/mol. The van der Waals surface area contributed by atoms with Crippen LogP contribution in [-0.2, 0) is 0 Å². The van der Waals surface area contributed by atoms with Crippen LogP contribution in [0.3, 0.4) is 0 Å². The number of ether oxygens (including phenoxy) is 1. The van der Waals surface area contributed by atoms with Crippen LogP contribution in [0.15, 0.2) is 12.1 Å². The molecule has 0 fully saturated rings. The second-order valence-electron chi connectivity index (χ2n) is 4.34. The number of Topliss-reactive ketones (excluding diaryl/α,β-unsaturated/α-hetero) is 1. The Morgan fingerprint density at radius 3 is 2.29 bits per heavy atom. The summed E-state index contributed by atoms with van der Waals surface area (Å²) in [5.74, 6) is 0.855. The largest absolute Gasteiger partial charge is 0.479 e. The Morgan fingerprint density at radius 1 is 1.14 bits per heavy atom. The summed E-state index contributed by atoms with van der Waals surface area (Å²) in [6, 6.07) is 3.96. The summed E-state index contributed by atoms with van der Waals surface area (Å²) >= 11 is 0. The van der Waals surface area contributed by atoms with E-state index in [1.807, 2.05) is 39.8 Å². The van der Waals surface area contributed by atoms with E-state index in [2.05, 4.69) is 0 Å². The maximum atomic E-state index is 12.0. The van der Waals surface area contributed by atoms with E-state index in [-0.39, 0.29) is 5.78 Å². The SMILES string of the molecule is Cc1ccc(C)c2c1OC(C)(C)C2=O. The van der Waals surface area contributed by atoms with Crippen LogP contribution < -0.4 is 4.74 Å². The first kappa shape index (κ1) is 9.25. The fourth-order valence-corrected chi connectivity index (χ4v) is 1.80. The molecule has 0 atom stereocenters. The third-order valence-corrected chi connectivity index (χ3v) is 2.69. The van der Waals surface area contributed by atoms with Crippen LogP contribution in [0.2, 0.25) is 0 Å². The summed E-state index contributed by atoms with van der Waals surface area (Å²) in [4.78, 5) is 12.0. The highest BCUT2D eigenvalue weighted by Gasteiger charge is 2.41. The molecule has 0 aliphatic carbocycles. The minimum absolute atomic E-state index is 0.0914. The highest BCUT2D eigenvalue weighted by Crippen LogP contribution is 2.38. The Kier molecular flexibility index (Phi) is 1.71. The van der Waals surface area contributed by atoms with Crippen molar-refractivity contribution in [2.75, 3.05) is 0 Å². The highest BCUT2D eigenvalue weighted by molar-refractivity contribution is 6.08. The monoisotopic (exact) mass is 190 g/mol. The molecule has 2 heteroatoms. The molecule has 0 amide bonds. The number of carbonyl (C=O) groups is 1. The van der Waals surface area contributed by atoms with Gasteiger partial charge >= 0.3 is 0 Å². The van der Waals surface area contributed by atoms with Crippen molar-refractivity contribution in [2.24, 2.45) is 0 Å². The standard InChI is InChI=1S/C12H14O2/c1-7-5-6-8(2)10-9(7)11(13)12(3,4)14-10/h5-6H,1-4H3. The van der Waals surface area contributed by atoms with Gasteiger partial charge in [-0.2, -0.15) is 0 Å². The molecule has 1 aromatic carbocycles. The molecule has 0 radical (unpaired) electrons. The van der Waals surface area contributed by atoms with Gasteiger partial charge in [0.15, 0.2) is 5.60 Å². The Hall–Kier alpha value is -1.31. The van der Waals surface area contributed by atoms with Gasteiger partial charge in [-0.15, -0.1) is 0 Å². The number of rotatable bonds is 0. The minimum atomic E-state index is -0.695. The molecule has 0 saturated carbocycles. The minimum Gasteiger partial charge on any atom is -0.479 e. The Labute approximate surface area is 83.9 Å². The predicted octanol–water partition coefficient (Wildman–Crippen LogP) is 2.66. The molecule has 1 aromatic rings. The van der Waals surface area contributed by atoms with Gasteiger partial charge in [0.25, 0.3) is 0 Å².